The molecule has 0 aliphatic rings. The Morgan fingerprint density at radius 1 is 1.21 bits per heavy atom. The predicted molar refractivity (Wildman–Crippen MR) is 106 cm³/mol. The van der Waals surface area contributed by atoms with E-state index >= 15 is 0 Å². The molecule has 0 radical (unpaired) electrons. The van der Waals surface area contributed by atoms with E-state index in [-0.39, 0.29) is 6.04 Å². The van der Waals surface area contributed by atoms with Crippen LogP contribution in [0.15, 0.2) is 55.1 Å². The van der Waals surface area contributed by atoms with Crippen molar-refractivity contribution in [3.05, 3.63) is 71.8 Å². The number of nitrogens with one attached hydrogen (secondary N) is 2. The Kier molecular flexibility index (Phi) is 6.38. The average Bonchev–Trinajstić information content (AvgIpc) is 2.55. The molecule has 1 atom stereocenters. The highest BCUT2D eigenvalue weighted by Gasteiger charge is 2.08. The lowest BCUT2D eigenvalue weighted by Gasteiger charge is -2.18. The molecule has 0 saturated heterocycles. The SMILES string of the molecule is C=CCOc1cccc(NC(=S)N[C@H](C)c2ccc(C)c(C)c2)c1. The molecule has 0 heterocycles. The zero-order chi connectivity index (χ0) is 17.5. The lowest BCUT2D eigenvalue weighted by atomic mass is 10.0. The van der Waals surface area contributed by atoms with Gasteiger partial charge in [0.2, 0.25) is 0 Å². The van der Waals surface area contributed by atoms with Gasteiger partial charge in [0.05, 0.1) is 6.04 Å². The Balaban J connectivity index is 1.97. The highest BCUT2D eigenvalue weighted by atomic mass is 32.1. The molecule has 0 amide bonds. The predicted octanol–water partition coefficient (Wildman–Crippen LogP) is 4.92. The van der Waals surface area contributed by atoms with Gasteiger partial charge in [0.15, 0.2) is 5.11 Å². The van der Waals surface area contributed by atoms with Crippen molar-refractivity contribution in [2.24, 2.45) is 0 Å². The molecule has 2 rings (SSSR count). The van der Waals surface area contributed by atoms with E-state index in [1.807, 2.05) is 24.3 Å². The number of hydrogen-bond acceptors (Lipinski definition) is 2. The van der Waals surface area contributed by atoms with Crippen LogP contribution in [0.1, 0.15) is 29.7 Å². The van der Waals surface area contributed by atoms with Crippen LogP contribution in [0.25, 0.3) is 0 Å². The first kappa shape index (κ1) is 18.0. The van der Waals surface area contributed by atoms with Crippen LogP contribution in [-0.4, -0.2) is 11.7 Å². The van der Waals surface area contributed by atoms with Gasteiger partial charge < -0.3 is 15.4 Å². The van der Waals surface area contributed by atoms with Crippen molar-refractivity contribution in [1.29, 1.82) is 0 Å². The van der Waals surface area contributed by atoms with Crippen molar-refractivity contribution in [1.82, 2.24) is 5.32 Å². The van der Waals surface area contributed by atoms with Crippen molar-refractivity contribution in [3.63, 3.8) is 0 Å². The molecule has 0 aliphatic heterocycles. The molecule has 126 valence electrons. The first-order valence-corrected chi connectivity index (χ1v) is 8.39. The Labute approximate surface area is 149 Å². The third-order valence-corrected chi connectivity index (χ3v) is 4.06. The molecule has 0 bridgehead atoms. The van der Waals surface area contributed by atoms with E-state index in [2.05, 4.69) is 56.2 Å². The van der Waals surface area contributed by atoms with Crippen molar-refractivity contribution in [2.45, 2.75) is 26.8 Å². The monoisotopic (exact) mass is 340 g/mol. The Hall–Kier alpha value is -2.33. The maximum atomic E-state index is 5.53. The summed E-state index contributed by atoms with van der Waals surface area (Å²) < 4.78 is 5.53. The number of rotatable bonds is 6. The number of ether oxygens (including phenoxy) is 1. The van der Waals surface area contributed by atoms with Crippen LogP contribution in [0.2, 0.25) is 0 Å². The van der Waals surface area contributed by atoms with E-state index in [4.69, 9.17) is 17.0 Å². The van der Waals surface area contributed by atoms with Crippen molar-refractivity contribution < 1.29 is 4.74 Å². The average molecular weight is 340 g/mol. The number of aryl methyl sites for hydroxylation is 2. The van der Waals surface area contributed by atoms with Gasteiger partial charge >= 0.3 is 0 Å². The Morgan fingerprint density at radius 2 is 2.00 bits per heavy atom. The van der Waals surface area contributed by atoms with Gasteiger partial charge in [-0.15, -0.1) is 0 Å². The van der Waals surface area contributed by atoms with Gasteiger partial charge in [-0.25, -0.2) is 0 Å². The summed E-state index contributed by atoms with van der Waals surface area (Å²) in [6.45, 7) is 10.5. The molecule has 2 aromatic carbocycles. The molecule has 0 spiro atoms. The van der Waals surface area contributed by atoms with Crippen LogP contribution in [-0.2, 0) is 0 Å². The van der Waals surface area contributed by atoms with Gasteiger partial charge in [0, 0.05) is 11.8 Å². The smallest absolute Gasteiger partial charge is 0.171 e. The molecular weight excluding hydrogens is 316 g/mol. The van der Waals surface area contributed by atoms with Gasteiger partial charge in [-0.1, -0.05) is 36.9 Å². The van der Waals surface area contributed by atoms with Gasteiger partial charge in [-0.3, -0.25) is 0 Å². The molecule has 0 aromatic heterocycles. The van der Waals surface area contributed by atoms with Crippen LogP contribution in [0, 0.1) is 13.8 Å². The fourth-order valence-electron chi connectivity index (χ4n) is 2.30. The van der Waals surface area contributed by atoms with Crippen LogP contribution in [0.5, 0.6) is 5.75 Å². The summed E-state index contributed by atoms with van der Waals surface area (Å²) >= 11 is 5.42. The zero-order valence-corrected chi connectivity index (χ0v) is 15.2. The van der Waals surface area contributed by atoms with E-state index in [1.165, 1.54) is 16.7 Å². The second kappa shape index (κ2) is 8.50. The van der Waals surface area contributed by atoms with Crippen molar-refractivity contribution in [3.8, 4) is 5.75 Å². The van der Waals surface area contributed by atoms with Gasteiger partial charge in [0.25, 0.3) is 0 Å². The summed E-state index contributed by atoms with van der Waals surface area (Å²) in [5.74, 6) is 0.782. The Bertz CT molecular complexity index is 727. The number of hydrogen-bond donors (Lipinski definition) is 2. The normalized spacial score (nSPS) is 11.5. The van der Waals surface area contributed by atoms with Gasteiger partial charge in [-0.05, 0) is 61.8 Å². The van der Waals surface area contributed by atoms with E-state index in [0.29, 0.717) is 11.7 Å². The number of thiocarbonyl (C=S) groups is 1. The summed E-state index contributed by atoms with van der Waals surface area (Å²) in [4.78, 5) is 0. The number of benzene rings is 2. The molecular formula is C20H24N2OS. The van der Waals surface area contributed by atoms with E-state index in [9.17, 15) is 0 Å². The van der Waals surface area contributed by atoms with Gasteiger partial charge in [0.1, 0.15) is 12.4 Å². The molecule has 0 saturated carbocycles. The van der Waals surface area contributed by atoms with E-state index < -0.39 is 0 Å². The fourth-order valence-corrected chi connectivity index (χ4v) is 2.59. The second-order valence-electron chi connectivity index (χ2n) is 5.79. The number of anilines is 1. The molecule has 3 nitrogen and oxygen atoms in total. The summed E-state index contributed by atoms with van der Waals surface area (Å²) in [5, 5.41) is 7.10. The fraction of sp³-hybridized carbons (Fsp3) is 0.250. The first-order chi connectivity index (χ1) is 11.5. The summed E-state index contributed by atoms with van der Waals surface area (Å²) in [6.07, 6.45) is 1.72. The standard InChI is InChI=1S/C20H24N2OS/c1-5-11-23-19-8-6-7-18(13-19)22-20(24)21-16(4)17-10-9-14(2)15(3)12-17/h5-10,12-13,16H,1,11H2,2-4H3,(H2,21,22,24)/t16-/m1/s1. The summed E-state index contributed by atoms with van der Waals surface area (Å²) in [7, 11) is 0. The minimum Gasteiger partial charge on any atom is -0.489 e. The van der Waals surface area contributed by atoms with Crippen LogP contribution < -0.4 is 15.4 Å². The second-order valence-corrected chi connectivity index (χ2v) is 6.20. The van der Waals surface area contributed by atoms with Gasteiger partial charge in [-0.2, -0.15) is 0 Å². The molecule has 0 aliphatic carbocycles. The third kappa shape index (κ3) is 5.10. The maximum Gasteiger partial charge on any atom is 0.171 e. The topological polar surface area (TPSA) is 33.3 Å². The third-order valence-electron chi connectivity index (χ3n) is 3.84. The molecule has 2 N–H and O–H groups in total. The zero-order valence-electron chi connectivity index (χ0n) is 14.4. The van der Waals surface area contributed by atoms with E-state index in [0.717, 1.165) is 11.4 Å². The summed E-state index contributed by atoms with van der Waals surface area (Å²) in [6, 6.07) is 14.3. The lowest BCUT2D eigenvalue weighted by Crippen LogP contribution is -2.30. The van der Waals surface area contributed by atoms with E-state index in [1.54, 1.807) is 6.08 Å². The van der Waals surface area contributed by atoms with Crippen LogP contribution in [0.4, 0.5) is 5.69 Å². The summed E-state index contributed by atoms with van der Waals surface area (Å²) in [5.41, 5.74) is 4.68. The van der Waals surface area contributed by atoms with Crippen LogP contribution >= 0.6 is 12.2 Å². The quantitative estimate of drug-likeness (QED) is 0.578. The maximum absolute atomic E-state index is 5.53. The molecule has 4 heteroatoms. The van der Waals surface area contributed by atoms with Crippen molar-refractivity contribution in [2.75, 3.05) is 11.9 Å². The minimum absolute atomic E-state index is 0.129. The van der Waals surface area contributed by atoms with Crippen molar-refractivity contribution >= 4 is 23.0 Å². The molecule has 0 unspecified atom stereocenters. The molecule has 2 aromatic rings. The molecule has 0 fully saturated rings. The molecule has 24 heavy (non-hydrogen) atoms. The first-order valence-electron chi connectivity index (χ1n) is 7.98. The largest absolute Gasteiger partial charge is 0.489 e. The highest BCUT2D eigenvalue weighted by Crippen LogP contribution is 2.19. The highest BCUT2D eigenvalue weighted by molar-refractivity contribution is 7.80. The minimum atomic E-state index is 0.129. The Morgan fingerprint density at radius 3 is 2.71 bits per heavy atom. The van der Waals surface area contributed by atoms with Crippen LogP contribution in [0.3, 0.4) is 0 Å². The lowest BCUT2D eigenvalue weighted by molar-refractivity contribution is 0.363.